The minimum atomic E-state index is 0.583. The van der Waals surface area contributed by atoms with Gasteiger partial charge in [0, 0.05) is 35.3 Å². The third-order valence-electron chi connectivity index (χ3n) is 4.21. The molecule has 0 aromatic carbocycles. The van der Waals surface area contributed by atoms with Crippen LogP contribution in [0.2, 0.25) is 0 Å². The molecule has 1 fully saturated rings. The minimum Gasteiger partial charge on any atom is -0.367 e. The highest BCUT2D eigenvalue weighted by atomic mass is 15.1. The van der Waals surface area contributed by atoms with Crippen LogP contribution >= 0.6 is 0 Å². The van der Waals surface area contributed by atoms with Gasteiger partial charge in [-0.3, -0.25) is 4.98 Å². The average Bonchev–Trinajstić information content (AvgIpc) is 3.23. The molecular weight excluding hydrogens is 260 g/mol. The number of aryl methyl sites for hydroxylation is 1. The van der Waals surface area contributed by atoms with Gasteiger partial charge < -0.3 is 5.32 Å². The number of aromatic nitrogens is 3. The van der Waals surface area contributed by atoms with E-state index in [0.717, 1.165) is 34.4 Å². The predicted molar refractivity (Wildman–Crippen MR) is 85.2 cm³/mol. The minimum absolute atomic E-state index is 0.583. The molecule has 1 saturated carbocycles. The molecule has 21 heavy (non-hydrogen) atoms. The molecule has 2 aromatic heterocycles. The molecule has 0 bridgehead atoms. The third kappa shape index (κ3) is 3.04. The van der Waals surface area contributed by atoms with Gasteiger partial charge in [-0.15, -0.1) is 0 Å². The van der Waals surface area contributed by atoms with Crippen LogP contribution in [-0.2, 0) is 0 Å². The van der Waals surface area contributed by atoms with E-state index >= 15 is 0 Å². The first-order valence-corrected chi connectivity index (χ1v) is 7.71. The normalized spacial score (nSPS) is 20.3. The van der Waals surface area contributed by atoms with Crippen LogP contribution in [0, 0.1) is 19.8 Å². The number of hydrogen-bond donors (Lipinski definition) is 1. The summed E-state index contributed by atoms with van der Waals surface area (Å²) < 4.78 is 0. The van der Waals surface area contributed by atoms with E-state index < -0.39 is 0 Å². The highest BCUT2D eigenvalue weighted by Crippen LogP contribution is 2.37. The lowest BCUT2D eigenvalue weighted by Crippen LogP contribution is -2.10. The molecule has 2 atom stereocenters. The number of rotatable bonds is 5. The fourth-order valence-electron chi connectivity index (χ4n) is 2.68. The van der Waals surface area contributed by atoms with Gasteiger partial charge >= 0.3 is 0 Å². The largest absolute Gasteiger partial charge is 0.367 e. The Kier molecular flexibility index (Phi) is 3.86. The van der Waals surface area contributed by atoms with Crippen molar-refractivity contribution in [2.45, 2.75) is 46.1 Å². The van der Waals surface area contributed by atoms with Gasteiger partial charge in [-0.05, 0) is 44.7 Å². The van der Waals surface area contributed by atoms with Crippen molar-refractivity contribution in [3.05, 3.63) is 35.8 Å². The van der Waals surface area contributed by atoms with Crippen LogP contribution in [0.4, 0.5) is 5.82 Å². The summed E-state index contributed by atoms with van der Waals surface area (Å²) in [5, 5.41) is 3.60. The number of pyridine rings is 1. The van der Waals surface area contributed by atoms with Crippen molar-refractivity contribution in [2.24, 2.45) is 5.92 Å². The monoisotopic (exact) mass is 282 g/mol. The molecule has 110 valence electrons. The lowest BCUT2D eigenvalue weighted by molar-refractivity contribution is 0.692. The SMILES string of the molecule is CCCC1CC1Nc1nc(-c2cccnc2)nc(C)c1C. The van der Waals surface area contributed by atoms with Crippen molar-refractivity contribution >= 4 is 5.82 Å². The summed E-state index contributed by atoms with van der Waals surface area (Å²) in [6.45, 7) is 6.37. The fraction of sp³-hybridized carbons (Fsp3) is 0.471. The van der Waals surface area contributed by atoms with Gasteiger partial charge in [-0.2, -0.15) is 0 Å². The Morgan fingerprint density at radius 2 is 2.14 bits per heavy atom. The van der Waals surface area contributed by atoms with Crippen LogP contribution in [0.1, 0.15) is 37.4 Å². The maximum atomic E-state index is 4.72. The molecule has 0 radical (unpaired) electrons. The van der Waals surface area contributed by atoms with Crippen molar-refractivity contribution < 1.29 is 0 Å². The van der Waals surface area contributed by atoms with E-state index in [4.69, 9.17) is 4.98 Å². The zero-order valence-electron chi connectivity index (χ0n) is 12.9. The van der Waals surface area contributed by atoms with Gasteiger partial charge in [0.05, 0.1) is 0 Å². The van der Waals surface area contributed by atoms with Crippen LogP contribution in [-0.4, -0.2) is 21.0 Å². The second-order valence-electron chi connectivity index (χ2n) is 5.88. The molecule has 4 nitrogen and oxygen atoms in total. The molecule has 2 heterocycles. The quantitative estimate of drug-likeness (QED) is 0.907. The molecule has 0 spiro atoms. The van der Waals surface area contributed by atoms with E-state index in [2.05, 4.69) is 29.1 Å². The number of nitrogens with zero attached hydrogens (tertiary/aromatic N) is 3. The lowest BCUT2D eigenvalue weighted by atomic mass is 10.2. The molecule has 2 unspecified atom stereocenters. The van der Waals surface area contributed by atoms with E-state index in [9.17, 15) is 0 Å². The first-order valence-electron chi connectivity index (χ1n) is 7.71. The van der Waals surface area contributed by atoms with Gasteiger partial charge in [0.2, 0.25) is 0 Å². The predicted octanol–water partition coefficient (Wildman–Crippen LogP) is 3.76. The molecular formula is C17H22N4. The molecule has 1 N–H and O–H groups in total. The van der Waals surface area contributed by atoms with Crippen LogP contribution in [0.3, 0.4) is 0 Å². The van der Waals surface area contributed by atoms with E-state index in [-0.39, 0.29) is 0 Å². The maximum absolute atomic E-state index is 4.72. The van der Waals surface area contributed by atoms with Crippen LogP contribution in [0.5, 0.6) is 0 Å². The van der Waals surface area contributed by atoms with Crippen LogP contribution in [0.15, 0.2) is 24.5 Å². The lowest BCUT2D eigenvalue weighted by Gasteiger charge is -2.12. The topological polar surface area (TPSA) is 50.7 Å². The van der Waals surface area contributed by atoms with Crippen molar-refractivity contribution in [1.29, 1.82) is 0 Å². The average molecular weight is 282 g/mol. The summed E-state index contributed by atoms with van der Waals surface area (Å²) in [5.74, 6) is 2.54. The molecule has 4 heteroatoms. The Morgan fingerprint density at radius 3 is 2.86 bits per heavy atom. The van der Waals surface area contributed by atoms with E-state index in [1.165, 1.54) is 19.3 Å². The summed E-state index contributed by atoms with van der Waals surface area (Å²) in [6, 6.07) is 4.50. The zero-order chi connectivity index (χ0) is 14.8. The standard InChI is InChI=1S/C17H22N4/c1-4-6-13-9-15(13)20-16-11(2)12(3)19-17(21-16)14-7-5-8-18-10-14/h5,7-8,10,13,15H,4,6,9H2,1-3H3,(H,19,20,21). The van der Waals surface area contributed by atoms with Gasteiger partial charge in [0.25, 0.3) is 0 Å². The Bertz CT molecular complexity index is 624. The Balaban J connectivity index is 1.85. The number of anilines is 1. The fourth-order valence-corrected chi connectivity index (χ4v) is 2.68. The molecule has 0 aliphatic heterocycles. The number of nitrogens with one attached hydrogen (secondary N) is 1. The Labute approximate surface area is 126 Å². The Hall–Kier alpha value is -1.97. The molecule has 1 aliphatic rings. The van der Waals surface area contributed by atoms with Crippen molar-refractivity contribution in [3.8, 4) is 11.4 Å². The second kappa shape index (κ2) is 5.80. The van der Waals surface area contributed by atoms with E-state index in [1.807, 2.05) is 25.3 Å². The smallest absolute Gasteiger partial charge is 0.163 e. The van der Waals surface area contributed by atoms with Crippen molar-refractivity contribution in [2.75, 3.05) is 5.32 Å². The second-order valence-corrected chi connectivity index (χ2v) is 5.88. The molecule has 3 rings (SSSR count). The van der Waals surface area contributed by atoms with Gasteiger partial charge in [-0.25, -0.2) is 9.97 Å². The van der Waals surface area contributed by atoms with Crippen molar-refractivity contribution in [3.63, 3.8) is 0 Å². The van der Waals surface area contributed by atoms with Crippen LogP contribution in [0.25, 0.3) is 11.4 Å². The third-order valence-corrected chi connectivity index (χ3v) is 4.21. The summed E-state index contributed by atoms with van der Waals surface area (Å²) in [4.78, 5) is 13.5. The van der Waals surface area contributed by atoms with Crippen LogP contribution < -0.4 is 5.32 Å². The highest BCUT2D eigenvalue weighted by Gasteiger charge is 2.36. The number of hydrogen-bond acceptors (Lipinski definition) is 4. The van der Waals surface area contributed by atoms with Crippen molar-refractivity contribution in [1.82, 2.24) is 15.0 Å². The summed E-state index contributed by atoms with van der Waals surface area (Å²) >= 11 is 0. The molecule has 0 saturated heterocycles. The van der Waals surface area contributed by atoms with E-state index in [1.54, 1.807) is 6.20 Å². The van der Waals surface area contributed by atoms with Gasteiger partial charge in [0.1, 0.15) is 5.82 Å². The summed E-state index contributed by atoms with van der Waals surface area (Å²) in [7, 11) is 0. The first-order chi connectivity index (χ1) is 10.2. The highest BCUT2D eigenvalue weighted by molar-refractivity contribution is 5.59. The molecule has 0 amide bonds. The maximum Gasteiger partial charge on any atom is 0.163 e. The summed E-state index contributed by atoms with van der Waals surface area (Å²) in [5.41, 5.74) is 3.13. The van der Waals surface area contributed by atoms with Gasteiger partial charge in [-0.1, -0.05) is 13.3 Å². The summed E-state index contributed by atoms with van der Waals surface area (Å²) in [6.07, 6.45) is 7.40. The van der Waals surface area contributed by atoms with E-state index in [0.29, 0.717) is 6.04 Å². The zero-order valence-corrected chi connectivity index (χ0v) is 12.9. The van der Waals surface area contributed by atoms with Gasteiger partial charge in [0.15, 0.2) is 5.82 Å². The Morgan fingerprint density at radius 1 is 1.29 bits per heavy atom. The first kappa shape index (κ1) is 14.0. The molecule has 1 aliphatic carbocycles. The molecule has 2 aromatic rings.